The summed E-state index contributed by atoms with van der Waals surface area (Å²) in [7, 11) is 1.54. The van der Waals surface area contributed by atoms with E-state index in [1.165, 1.54) is 48.3 Å². The summed E-state index contributed by atoms with van der Waals surface area (Å²) < 4.78 is 12.4. The number of hydrogen-bond donors (Lipinski definition) is 1. The van der Waals surface area contributed by atoms with Crippen LogP contribution in [0.4, 0.5) is 15.8 Å². The van der Waals surface area contributed by atoms with Gasteiger partial charge in [0, 0.05) is 24.3 Å². The number of rotatable bonds is 5. The van der Waals surface area contributed by atoms with E-state index < -0.39 is 33.8 Å². The Labute approximate surface area is 234 Å². The summed E-state index contributed by atoms with van der Waals surface area (Å²) in [5, 5.41) is 3.67. The van der Waals surface area contributed by atoms with Crippen LogP contribution < -0.4 is 10.2 Å². The van der Waals surface area contributed by atoms with Gasteiger partial charge in [-0.2, -0.15) is 0 Å². The Kier molecular flexibility index (Phi) is 7.64. The standard InChI is InChI=1S/C24H15BrCl5FN2O2/c1-33(14-5-2-12(31)3-6-14)23(35)15-10-13(4-7-16(15)26)32-22(34)20-19(24(20,29)30)11-8-17(27)21(25)18(28)9-11/h2-10,19-20H,1H3,(H,32,34). The second kappa shape index (κ2) is 10.1. The summed E-state index contributed by atoms with van der Waals surface area (Å²) in [4.78, 5) is 27.4. The predicted octanol–water partition coefficient (Wildman–Crippen LogP) is 8.35. The molecule has 0 saturated heterocycles. The van der Waals surface area contributed by atoms with Gasteiger partial charge in [-0.15, -0.1) is 23.2 Å². The molecule has 4 nitrogen and oxygen atoms in total. The van der Waals surface area contributed by atoms with Gasteiger partial charge in [0.2, 0.25) is 5.91 Å². The lowest BCUT2D eigenvalue weighted by Gasteiger charge is -2.18. The van der Waals surface area contributed by atoms with Crippen LogP contribution in [0.3, 0.4) is 0 Å². The van der Waals surface area contributed by atoms with Crippen molar-refractivity contribution in [3.8, 4) is 0 Å². The summed E-state index contributed by atoms with van der Waals surface area (Å²) in [5.41, 5.74) is 1.58. The van der Waals surface area contributed by atoms with Gasteiger partial charge in [-0.3, -0.25) is 9.59 Å². The number of hydrogen-bond acceptors (Lipinski definition) is 2. The van der Waals surface area contributed by atoms with Crippen molar-refractivity contribution < 1.29 is 14.0 Å². The zero-order valence-corrected chi connectivity index (χ0v) is 23.1. The lowest BCUT2D eigenvalue weighted by molar-refractivity contribution is -0.117. The number of benzene rings is 3. The highest BCUT2D eigenvalue weighted by atomic mass is 79.9. The van der Waals surface area contributed by atoms with Crippen molar-refractivity contribution in [3.63, 3.8) is 0 Å². The molecule has 0 heterocycles. The Morgan fingerprint density at radius 1 is 0.971 bits per heavy atom. The molecule has 0 spiro atoms. The molecule has 2 atom stereocenters. The quantitative estimate of drug-likeness (QED) is 0.225. The summed E-state index contributed by atoms with van der Waals surface area (Å²) >= 11 is 34.8. The molecule has 4 rings (SSSR count). The van der Waals surface area contributed by atoms with Crippen LogP contribution in [0.25, 0.3) is 0 Å². The number of anilines is 2. The van der Waals surface area contributed by atoms with Crippen LogP contribution in [0.15, 0.2) is 59.1 Å². The molecule has 35 heavy (non-hydrogen) atoms. The number of nitrogens with zero attached hydrogens (tertiary/aromatic N) is 1. The molecule has 1 aliphatic carbocycles. The molecule has 1 fully saturated rings. The van der Waals surface area contributed by atoms with E-state index in [0.29, 0.717) is 31.5 Å². The van der Waals surface area contributed by atoms with Gasteiger partial charge in [0.1, 0.15) is 10.2 Å². The minimum Gasteiger partial charge on any atom is -0.326 e. The van der Waals surface area contributed by atoms with Crippen LogP contribution >= 0.6 is 73.9 Å². The summed E-state index contributed by atoms with van der Waals surface area (Å²) in [6, 6.07) is 13.3. The monoisotopic (exact) mass is 636 g/mol. The van der Waals surface area contributed by atoms with Crippen LogP contribution in [0.2, 0.25) is 15.1 Å². The van der Waals surface area contributed by atoms with Gasteiger partial charge in [-0.1, -0.05) is 34.8 Å². The van der Waals surface area contributed by atoms with E-state index in [-0.39, 0.29) is 10.6 Å². The molecule has 1 saturated carbocycles. The van der Waals surface area contributed by atoms with Gasteiger partial charge >= 0.3 is 0 Å². The first-order chi connectivity index (χ1) is 16.4. The maximum absolute atomic E-state index is 13.2. The number of nitrogens with one attached hydrogen (secondary N) is 1. The topological polar surface area (TPSA) is 49.4 Å². The molecule has 0 aromatic heterocycles. The zero-order valence-electron chi connectivity index (χ0n) is 17.8. The smallest absolute Gasteiger partial charge is 0.259 e. The third kappa shape index (κ3) is 5.29. The molecule has 3 aromatic carbocycles. The molecule has 2 amide bonds. The lowest BCUT2D eigenvalue weighted by Crippen LogP contribution is -2.26. The van der Waals surface area contributed by atoms with Gasteiger partial charge in [0.25, 0.3) is 5.91 Å². The first-order valence-electron chi connectivity index (χ1n) is 10.1. The SMILES string of the molecule is CN(C(=O)c1cc(NC(=O)C2C(c3cc(Cl)c(Br)c(Cl)c3)C2(Cl)Cl)ccc1Cl)c1ccc(F)cc1. The molecule has 2 unspecified atom stereocenters. The maximum Gasteiger partial charge on any atom is 0.259 e. The number of amides is 2. The molecule has 0 bridgehead atoms. The second-order valence-corrected chi connectivity index (χ2v) is 11.4. The fourth-order valence-electron chi connectivity index (χ4n) is 3.77. The highest BCUT2D eigenvalue weighted by molar-refractivity contribution is 9.10. The van der Waals surface area contributed by atoms with Crippen molar-refractivity contribution in [3.05, 3.63) is 91.1 Å². The molecule has 182 valence electrons. The average Bonchev–Trinajstić information content (AvgIpc) is 3.40. The molecular formula is C24H15BrCl5FN2O2. The van der Waals surface area contributed by atoms with Gasteiger partial charge in [0.05, 0.1) is 31.0 Å². The molecule has 3 aromatic rings. The van der Waals surface area contributed by atoms with E-state index in [0.717, 1.165) is 0 Å². The van der Waals surface area contributed by atoms with Crippen molar-refractivity contribution in [2.75, 3.05) is 17.3 Å². The van der Waals surface area contributed by atoms with Crippen LogP contribution in [0.5, 0.6) is 0 Å². The number of carbonyl (C=O) groups is 2. The van der Waals surface area contributed by atoms with Gasteiger partial charge in [-0.25, -0.2) is 4.39 Å². The first kappa shape index (κ1) is 26.5. The Balaban J connectivity index is 1.54. The molecular weight excluding hydrogens is 624 g/mol. The van der Waals surface area contributed by atoms with Crippen molar-refractivity contribution >= 4 is 97.1 Å². The molecule has 0 radical (unpaired) electrons. The fourth-order valence-corrected chi connectivity index (χ4v) is 5.53. The second-order valence-electron chi connectivity index (χ2n) is 7.95. The molecule has 0 aliphatic heterocycles. The fraction of sp³-hybridized carbons (Fsp3) is 0.167. The van der Waals surface area contributed by atoms with Crippen molar-refractivity contribution in [1.82, 2.24) is 0 Å². The summed E-state index contributed by atoms with van der Waals surface area (Å²) in [6.45, 7) is 0. The van der Waals surface area contributed by atoms with Gasteiger partial charge < -0.3 is 10.2 Å². The van der Waals surface area contributed by atoms with E-state index in [9.17, 15) is 14.0 Å². The van der Waals surface area contributed by atoms with E-state index in [1.54, 1.807) is 18.2 Å². The number of halogens is 7. The first-order valence-corrected chi connectivity index (χ1v) is 12.8. The Hall–Kier alpha value is -1.54. The minimum atomic E-state index is -1.36. The predicted molar refractivity (Wildman–Crippen MR) is 144 cm³/mol. The third-order valence-corrected chi connectivity index (χ3v) is 8.86. The van der Waals surface area contributed by atoms with Crippen LogP contribution in [-0.2, 0) is 4.79 Å². The van der Waals surface area contributed by atoms with E-state index in [4.69, 9.17) is 58.0 Å². The van der Waals surface area contributed by atoms with E-state index in [2.05, 4.69) is 21.2 Å². The highest BCUT2D eigenvalue weighted by Crippen LogP contribution is 2.65. The van der Waals surface area contributed by atoms with Crippen molar-refractivity contribution in [1.29, 1.82) is 0 Å². The molecule has 1 aliphatic rings. The lowest BCUT2D eigenvalue weighted by atomic mass is 10.1. The Morgan fingerprint density at radius 3 is 2.17 bits per heavy atom. The Morgan fingerprint density at radius 2 is 1.57 bits per heavy atom. The number of carbonyl (C=O) groups excluding carboxylic acids is 2. The Bertz CT molecular complexity index is 1310. The number of alkyl halides is 2. The summed E-state index contributed by atoms with van der Waals surface area (Å²) in [6.07, 6.45) is 0. The van der Waals surface area contributed by atoms with Crippen molar-refractivity contribution in [2.45, 2.75) is 10.3 Å². The van der Waals surface area contributed by atoms with Crippen LogP contribution in [-0.4, -0.2) is 23.2 Å². The van der Waals surface area contributed by atoms with Gasteiger partial charge in [0.15, 0.2) is 0 Å². The van der Waals surface area contributed by atoms with Crippen LogP contribution in [0.1, 0.15) is 21.8 Å². The van der Waals surface area contributed by atoms with E-state index >= 15 is 0 Å². The largest absolute Gasteiger partial charge is 0.326 e. The van der Waals surface area contributed by atoms with Crippen LogP contribution in [0, 0.1) is 11.7 Å². The maximum atomic E-state index is 13.2. The minimum absolute atomic E-state index is 0.151. The highest BCUT2D eigenvalue weighted by Gasteiger charge is 2.67. The molecule has 11 heteroatoms. The molecule has 1 N–H and O–H groups in total. The van der Waals surface area contributed by atoms with E-state index in [1.807, 2.05) is 0 Å². The summed E-state index contributed by atoms with van der Waals surface area (Å²) in [5.74, 6) is -2.62. The zero-order chi connectivity index (χ0) is 25.7. The normalized spacial score (nSPS) is 18.2. The van der Waals surface area contributed by atoms with Crippen molar-refractivity contribution in [2.24, 2.45) is 5.92 Å². The van der Waals surface area contributed by atoms with Gasteiger partial charge in [-0.05, 0) is 76.1 Å². The average molecular weight is 640 g/mol. The third-order valence-electron chi connectivity index (χ3n) is 5.68.